The van der Waals surface area contributed by atoms with E-state index in [-0.39, 0.29) is 0 Å². The van der Waals surface area contributed by atoms with Gasteiger partial charge in [-0.15, -0.1) is 0 Å². The van der Waals surface area contributed by atoms with Gasteiger partial charge in [-0.1, -0.05) is 25.7 Å². The minimum atomic E-state index is 0.911. The molecule has 2 aliphatic carbocycles. The molecule has 2 nitrogen and oxygen atoms in total. The van der Waals surface area contributed by atoms with Crippen LogP contribution in [-0.4, -0.2) is 26.3 Å². The molecule has 2 rings (SSSR count). The fraction of sp³-hybridized carbons (Fsp3) is 1.00. The summed E-state index contributed by atoms with van der Waals surface area (Å²) >= 11 is 0. The predicted octanol–water partition coefficient (Wildman–Crippen LogP) is 3.36. The van der Waals surface area contributed by atoms with E-state index in [9.17, 15) is 0 Å². The molecule has 0 unspecified atom stereocenters. The second-order valence-electron chi connectivity index (χ2n) is 5.93. The van der Waals surface area contributed by atoms with Crippen molar-refractivity contribution in [3.8, 4) is 0 Å². The highest BCUT2D eigenvalue weighted by atomic mass is 16.5. The van der Waals surface area contributed by atoms with Gasteiger partial charge in [0.2, 0.25) is 0 Å². The summed E-state index contributed by atoms with van der Waals surface area (Å²) in [6.45, 7) is 4.35. The minimum absolute atomic E-state index is 0.911. The van der Waals surface area contributed by atoms with Crippen molar-refractivity contribution in [1.29, 1.82) is 0 Å². The molecule has 2 saturated carbocycles. The Morgan fingerprint density at radius 2 is 1.65 bits per heavy atom. The predicted molar refractivity (Wildman–Crippen MR) is 72.2 cm³/mol. The number of ether oxygens (including phenoxy) is 1. The van der Waals surface area contributed by atoms with Crippen molar-refractivity contribution in [3.05, 3.63) is 0 Å². The topological polar surface area (TPSA) is 21.3 Å². The summed E-state index contributed by atoms with van der Waals surface area (Å²) in [7, 11) is 0. The summed E-state index contributed by atoms with van der Waals surface area (Å²) < 4.78 is 5.63. The van der Waals surface area contributed by atoms with Gasteiger partial charge < -0.3 is 10.1 Å². The molecule has 1 N–H and O–H groups in total. The van der Waals surface area contributed by atoms with Crippen molar-refractivity contribution in [3.63, 3.8) is 0 Å². The molecule has 0 aliphatic heterocycles. The van der Waals surface area contributed by atoms with Gasteiger partial charge in [0.1, 0.15) is 0 Å². The molecule has 0 atom stereocenters. The minimum Gasteiger partial charge on any atom is -0.381 e. The molecule has 0 aromatic heterocycles. The normalized spacial score (nSPS) is 22.6. The molecule has 0 aromatic rings. The maximum absolute atomic E-state index is 5.63. The van der Waals surface area contributed by atoms with E-state index in [0.29, 0.717) is 0 Å². The Morgan fingerprint density at radius 1 is 0.882 bits per heavy atom. The van der Waals surface area contributed by atoms with Crippen LogP contribution >= 0.6 is 0 Å². The van der Waals surface area contributed by atoms with Gasteiger partial charge in [0.25, 0.3) is 0 Å². The summed E-state index contributed by atoms with van der Waals surface area (Å²) in [5.74, 6) is 1.86. The van der Waals surface area contributed by atoms with E-state index in [1.54, 1.807) is 0 Å². The van der Waals surface area contributed by atoms with E-state index >= 15 is 0 Å². The standard InChI is InChI=1S/C15H29NO/c1-2-4-7-14(6-3-1)12-16-10-5-11-17-13-15-8-9-15/h14-16H,1-13H2. The van der Waals surface area contributed by atoms with Crippen LogP contribution in [0.3, 0.4) is 0 Å². The third-order valence-corrected chi connectivity index (χ3v) is 4.10. The molecule has 2 aliphatic rings. The zero-order chi connectivity index (χ0) is 11.8. The smallest absolute Gasteiger partial charge is 0.0494 e. The Hall–Kier alpha value is -0.0800. The van der Waals surface area contributed by atoms with Crippen molar-refractivity contribution in [2.75, 3.05) is 26.3 Å². The Labute approximate surface area is 107 Å². The Morgan fingerprint density at radius 3 is 2.35 bits per heavy atom. The van der Waals surface area contributed by atoms with E-state index in [1.165, 1.54) is 64.3 Å². The lowest BCUT2D eigenvalue weighted by atomic mass is 10.0. The molecule has 100 valence electrons. The second-order valence-corrected chi connectivity index (χ2v) is 5.93. The summed E-state index contributed by atoms with van der Waals surface area (Å²) in [5, 5.41) is 3.61. The highest BCUT2D eigenvalue weighted by molar-refractivity contribution is 4.72. The Balaban J connectivity index is 1.36. The number of hydrogen-bond donors (Lipinski definition) is 1. The summed E-state index contributed by atoms with van der Waals surface area (Å²) in [4.78, 5) is 0. The van der Waals surface area contributed by atoms with Crippen molar-refractivity contribution >= 4 is 0 Å². The van der Waals surface area contributed by atoms with E-state index in [2.05, 4.69) is 5.32 Å². The third-order valence-electron chi connectivity index (χ3n) is 4.10. The van der Waals surface area contributed by atoms with Crippen LogP contribution in [0.25, 0.3) is 0 Å². The van der Waals surface area contributed by atoms with Crippen molar-refractivity contribution in [2.24, 2.45) is 11.8 Å². The first-order valence-electron chi connectivity index (χ1n) is 7.73. The molecule has 2 fully saturated rings. The first-order chi connectivity index (χ1) is 8.45. The Kier molecular flexibility index (Phi) is 6.36. The maximum atomic E-state index is 5.63. The van der Waals surface area contributed by atoms with Gasteiger partial charge >= 0.3 is 0 Å². The van der Waals surface area contributed by atoms with E-state index < -0.39 is 0 Å². The van der Waals surface area contributed by atoms with Crippen LogP contribution in [0.4, 0.5) is 0 Å². The molecule has 0 bridgehead atoms. The molecule has 17 heavy (non-hydrogen) atoms. The molecular formula is C15H29NO. The lowest BCUT2D eigenvalue weighted by Crippen LogP contribution is -2.24. The highest BCUT2D eigenvalue weighted by Gasteiger charge is 2.20. The number of hydrogen-bond acceptors (Lipinski definition) is 2. The van der Waals surface area contributed by atoms with Crippen LogP contribution in [0.1, 0.15) is 57.8 Å². The molecule has 0 radical (unpaired) electrons. The zero-order valence-electron chi connectivity index (χ0n) is 11.3. The number of nitrogens with one attached hydrogen (secondary N) is 1. The molecule has 0 aromatic carbocycles. The summed E-state index contributed by atoms with van der Waals surface area (Å²) in [5.41, 5.74) is 0. The van der Waals surface area contributed by atoms with Crippen LogP contribution in [0.15, 0.2) is 0 Å². The lowest BCUT2D eigenvalue weighted by Gasteiger charge is -2.14. The van der Waals surface area contributed by atoms with E-state index in [1.807, 2.05) is 0 Å². The van der Waals surface area contributed by atoms with Crippen LogP contribution in [0, 0.1) is 11.8 Å². The number of rotatable bonds is 8. The zero-order valence-corrected chi connectivity index (χ0v) is 11.3. The monoisotopic (exact) mass is 239 g/mol. The van der Waals surface area contributed by atoms with E-state index in [4.69, 9.17) is 4.74 Å². The maximum Gasteiger partial charge on any atom is 0.0494 e. The molecule has 0 heterocycles. The Bertz CT molecular complexity index is 183. The summed E-state index contributed by atoms with van der Waals surface area (Å²) in [6.07, 6.45) is 12.7. The average molecular weight is 239 g/mol. The fourth-order valence-corrected chi connectivity index (χ4v) is 2.71. The molecule has 0 saturated heterocycles. The van der Waals surface area contributed by atoms with E-state index in [0.717, 1.165) is 31.6 Å². The van der Waals surface area contributed by atoms with Gasteiger partial charge in [0.05, 0.1) is 0 Å². The first kappa shape index (κ1) is 13.4. The third kappa shape index (κ3) is 6.42. The van der Waals surface area contributed by atoms with Crippen molar-refractivity contribution < 1.29 is 4.74 Å². The van der Waals surface area contributed by atoms with Crippen molar-refractivity contribution in [2.45, 2.75) is 57.8 Å². The fourth-order valence-electron chi connectivity index (χ4n) is 2.71. The molecule has 0 spiro atoms. The first-order valence-corrected chi connectivity index (χ1v) is 7.73. The van der Waals surface area contributed by atoms with Crippen LogP contribution in [0.5, 0.6) is 0 Å². The largest absolute Gasteiger partial charge is 0.381 e. The van der Waals surface area contributed by atoms with Crippen molar-refractivity contribution in [1.82, 2.24) is 5.32 Å². The van der Waals surface area contributed by atoms with Gasteiger partial charge in [-0.25, -0.2) is 0 Å². The van der Waals surface area contributed by atoms with Gasteiger partial charge in [0.15, 0.2) is 0 Å². The summed E-state index contributed by atoms with van der Waals surface area (Å²) in [6, 6.07) is 0. The van der Waals surface area contributed by atoms with Gasteiger partial charge in [-0.05, 0) is 57.0 Å². The van der Waals surface area contributed by atoms with Crippen LogP contribution in [0.2, 0.25) is 0 Å². The molecule has 0 amide bonds. The average Bonchev–Trinajstić information content (AvgIpc) is 3.15. The lowest BCUT2D eigenvalue weighted by molar-refractivity contribution is 0.122. The quantitative estimate of drug-likeness (QED) is 0.518. The van der Waals surface area contributed by atoms with Crippen LogP contribution < -0.4 is 5.32 Å². The second kappa shape index (κ2) is 8.10. The van der Waals surface area contributed by atoms with Gasteiger partial charge in [0, 0.05) is 13.2 Å². The SMILES string of the molecule is C1CCCC(CNCCCOCC2CC2)CC1. The highest BCUT2D eigenvalue weighted by Crippen LogP contribution is 2.28. The van der Waals surface area contributed by atoms with Gasteiger partial charge in [-0.2, -0.15) is 0 Å². The molecule has 2 heteroatoms. The van der Waals surface area contributed by atoms with Gasteiger partial charge in [-0.3, -0.25) is 0 Å². The molecular weight excluding hydrogens is 210 g/mol. The van der Waals surface area contributed by atoms with Crippen LogP contribution in [-0.2, 0) is 4.74 Å².